The highest BCUT2D eigenvalue weighted by molar-refractivity contribution is 5.87. The van der Waals surface area contributed by atoms with Crippen LogP contribution in [0.5, 0.6) is 0 Å². The maximum absolute atomic E-state index is 4.63. The van der Waals surface area contributed by atoms with E-state index in [4.69, 9.17) is 0 Å². The zero-order valence-electron chi connectivity index (χ0n) is 13.4. The number of nitrogens with one attached hydrogen (secondary N) is 1. The first kappa shape index (κ1) is 14.4. The zero-order valence-corrected chi connectivity index (χ0v) is 13.4. The number of hydrogen-bond donors (Lipinski definition) is 1. The van der Waals surface area contributed by atoms with E-state index in [1.54, 1.807) is 0 Å². The first-order valence-electron chi connectivity index (χ1n) is 7.95. The molecule has 1 heterocycles. The fourth-order valence-electron chi connectivity index (χ4n) is 2.81. The van der Waals surface area contributed by atoms with Gasteiger partial charge in [-0.05, 0) is 22.9 Å². The normalized spacial score (nSPS) is 10.7. The van der Waals surface area contributed by atoms with E-state index in [9.17, 15) is 0 Å². The van der Waals surface area contributed by atoms with Crippen molar-refractivity contribution in [3.8, 4) is 22.5 Å². The molecule has 0 aliphatic heterocycles. The Balaban J connectivity index is 1.87. The molecule has 0 aliphatic rings. The number of rotatable bonds is 3. The summed E-state index contributed by atoms with van der Waals surface area (Å²) in [6, 6.07) is 27.0. The number of benzene rings is 3. The Morgan fingerprint density at radius 3 is 2.04 bits per heavy atom. The van der Waals surface area contributed by atoms with Crippen LogP contribution in [0.25, 0.3) is 33.3 Å². The molecule has 4 rings (SSSR count). The summed E-state index contributed by atoms with van der Waals surface area (Å²) in [6.07, 6.45) is 0. The van der Waals surface area contributed by atoms with E-state index in [1.165, 1.54) is 10.8 Å². The Morgan fingerprint density at radius 1 is 0.625 bits per heavy atom. The van der Waals surface area contributed by atoms with Gasteiger partial charge in [0.05, 0.1) is 11.4 Å². The fraction of sp³-hybridized carbons (Fsp3) is 0.0476. The van der Waals surface area contributed by atoms with E-state index in [0.717, 1.165) is 22.5 Å². The molecular formula is C21H17N3. The van der Waals surface area contributed by atoms with Crippen molar-refractivity contribution >= 4 is 16.7 Å². The summed E-state index contributed by atoms with van der Waals surface area (Å²) in [5.74, 6) is 0.625. The molecule has 0 bridgehead atoms. The zero-order chi connectivity index (χ0) is 16.4. The lowest BCUT2D eigenvalue weighted by Crippen LogP contribution is -1.99. The first-order chi connectivity index (χ1) is 11.8. The number of aromatic nitrogens is 2. The van der Waals surface area contributed by atoms with Crippen molar-refractivity contribution in [1.29, 1.82) is 0 Å². The summed E-state index contributed by atoms with van der Waals surface area (Å²) < 4.78 is 0. The van der Waals surface area contributed by atoms with Gasteiger partial charge in [-0.3, -0.25) is 0 Å². The van der Waals surface area contributed by atoms with Crippen LogP contribution < -0.4 is 5.32 Å². The van der Waals surface area contributed by atoms with Gasteiger partial charge in [-0.2, -0.15) is 0 Å². The molecule has 0 aliphatic carbocycles. The van der Waals surface area contributed by atoms with Crippen LogP contribution in [-0.4, -0.2) is 17.0 Å². The molecule has 1 aromatic heterocycles. The summed E-state index contributed by atoms with van der Waals surface area (Å²) >= 11 is 0. The quantitative estimate of drug-likeness (QED) is 0.578. The summed E-state index contributed by atoms with van der Waals surface area (Å²) in [5.41, 5.74) is 4.00. The van der Waals surface area contributed by atoms with Crippen molar-refractivity contribution in [2.24, 2.45) is 0 Å². The maximum Gasteiger partial charge on any atom is 0.223 e. The van der Waals surface area contributed by atoms with Crippen molar-refractivity contribution < 1.29 is 0 Å². The Bertz CT molecular complexity index is 994. The highest BCUT2D eigenvalue weighted by Crippen LogP contribution is 2.27. The van der Waals surface area contributed by atoms with Crippen molar-refractivity contribution in [3.05, 3.63) is 78.9 Å². The molecule has 3 aromatic carbocycles. The average molecular weight is 311 g/mol. The Hall–Kier alpha value is -3.20. The third-order valence-electron chi connectivity index (χ3n) is 4.06. The molecule has 0 unspecified atom stereocenters. The lowest BCUT2D eigenvalue weighted by Gasteiger charge is -2.09. The molecule has 116 valence electrons. The van der Waals surface area contributed by atoms with Gasteiger partial charge in [0.25, 0.3) is 0 Å². The third-order valence-corrected chi connectivity index (χ3v) is 4.06. The minimum Gasteiger partial charge on any atom is -0.357 e. The fourth-order valence-corrected chi connectivity index (χ4v) is 2.81. The highest BCUT2D eigenvalue weighted by Gasteiger charge is 2.08. The molecule has 0 atom stereocenters. The average Bonchev–Trinajstić information content (AvgIpc) is 2.68. The molecule has 3 heteroatoms. The van der Waals surface area contributed by atoms with Gasteiger partial charge in [0.2, 0.25) is 5.95 Å². The molecule has 24 heavy (non-hydrogen) atoms. The Labute approximate surface area is 141 Å². The summed E-state index contributed by atoms with van der Waals surface area (Å²) in [7, 11) is 1.84. The molecule has 0 saturated heterocycles. The van der Waals surface area contributed by atoms with Gasteiger partial charge in [0, 0.05) is 18.2 Å². The van der Waals surface area contributed by atoms with Crippen LogP contribution >= 0.6 is 0 Å². The van der Waals surface area contributed by atoms with Gasteiger partial charge in [-0.1, -0.05) is 66.7 Å². The monoisotopic (exact) mass is 311 g/mol. The van der Waals surface area contributed by atoms with E-state index in [-0.39, 0.29) is 0 Å². The van der Waals surface area contributed by atoms with E-state index in [0.29, 0.717) is 5.95 Å². The van der Waals surface area contributed by atoms with E-state index >= 15 is 0 Å². The Morgan fingerprint density at radius 2 is 1.29 bits per heavy atom. The number of nitrogens with zero attached hydrogens (tertiary/aromatic N) is 2. The minimum atomic E-state index is 0.625. The van der Waals surface area contributed by atoms with Gasteiger partial charge >= 0.3 is 0 Å². The number of fused-ring (bicyclic) bond motifs is 1. The molecule has 0 amide bonds. The van der Waals surface area contributed by atoms with Gasteiger partial charge in [-0.15, -0.1) is 0 Å². The van der Waals surface area contributed by atoms with Crippen molar-refractivity contribution in [1.82, 2.24) is 9.97 Å². The lowest BCUT2D eigenvalue weighted by atomic mass is 10.0. The molecule has 3 nitrogen and oxygen atoms in total. The summed E-state index contributed by atoms with van der Waals surface area (Å²) in [5, 5.41) is 5.50. The van der Waals surface area contributed by atoms with Crippen LogP contribution in [0.4, 0.5) is 5.95 Å². The molecule has 0 fully saturated rings. The number of anilines is 1. The predicted molar refractivity (Wildman–Crippen MR) is 100.0 cm³/mol. The molecular weight excluding hydrogens is 294 g/mol. The molecule has 1 N–H and O–H groups in total. The van der Waals surface area contributed by atoms with E-state index < -0.39 is 0 Å². The maximum atomic E-state index is 4.63. The lowest BCUT2D eigenvalue weighted by molar-refractivity contribution is 1.16. The molecule has 0 radical (unpaired) electrons. The van der Waals surface area contributed by atoms with Crippen LogP contribution in [0.2, 0.25) is 0 Å². The minimum absolute atomic E-state index is 0.625. The van der Waals surface area contributed by atoms with E-state index in [1.807, 2.05) is 31.3 Å². The number of hydrogen-bond acceptors (Lipinski definition) is 3. The second kappa shape index (κ2) is 6.13. The second-order valence-electron chi connectivity index (χ2n) is 5.64. The van der Waals surface area contributed by atoms with Gasteiger partial charge in [0.1, 0.15) is 0 Å². The van der Waals surface area contributed by atoms with Crippen LogP contribution in [0, 0.1) is 0 Å². The van der Waals surface area contributed by atoms with Crippen molar-refractivity contribution in [2.45, 2.75) is 0 Å². The highest BCUT2D eigenvalue weighted by atomic mass is 15.1. The summed E-state index contributed by atoms with van der Waals surface area (Å²) in [4.78, 5) is 9.22. The molecule has 4 aromatic rings. The topological polar surface area (TPSA) is 37.8 Å². The third kappa shape index (κ3) is 2.72. The smallest absolute Gasteiger partial charge is 0.223 e. The first-order valence-corrected chi connectivity index (χ1v) is 7.95. The largest absolute Gasteiger partial charge is 0.357 e. The molecule has 0 saturated carbocycles. The SMILES string of the molecule is CNc1nc(-c2ccccc2)cc(-c2ccc3ccccc3c2)n1. The van der Waals surface area contributed by atoms with E-state index in [2.05, 4.69) is 69.9 Å². The molecule has 0 spiro atoms. The van der Waals surface area contributed by atoms with Crippen LogP contribution in [0.1, 0.15) is 0 Å². The second-order valence-corrected chi connectivity index (χ2v) is 5.64. The predicted octanol–water partition coefficient (Wildman–Crippen LogP) is 5.01. The van der Waals surface area contributed by atoms with Crippen LogP contribution in [0.15, 0.2) is 78.9 Å². The van der Waals surface area contributed by atoms with Crippen LogP contribution in [-0.2, 0) is 0 Å². The van der Waals surface area contributed by atoms with Crippen molar-refractivity contribution in [3.63, 3.8) is 0 Å². The van der Waals surface area contributed by atoms with Gasteiger partial charge in [0.15, 0.2) is 0 Å². The Kier molecular flexibility index (Phi) is 3.67. The van der Waals surface area contributed by atoms with Crippen molar-refractivity contribution in [2.75, 3.05) is 12.4 Å². The van der Waals surface area contributed by atoms with Gasteiger partial charge < -0.3 is 5.32 Å². The standard InChI is InChI=1S/C21H17N3/c1-22-21-23-19(16-8-3-2-4-9-16)14-20(24-21)18-12-11-15-7-5-6-10-17(15)13-18/h2-14H,1H3,(H,22,23,24). The summed E-state index contributed by atoms with van der Waals surface area (Å²) in [6.45, 7) is 0. The van der Waals surface area contributed by atoms with Gasteiger partial charge in [-0.25, -0.2) is 9.97 Å². The van der Waals surface area contributed by atoms with Crippen LogP contribution in [0.3, 0.4) is 0 Å².